The fourth-order valence-electron chi connectivity index (χ4n) is 2.97. The van der Waals surface area contributed by atoms with Crippen LogP contribution in [0.15, 0.2) is 41.1 Å². The molecule has 1 aromatic carbocycles. The number of benzene rings is 1. The highest BCUT2D eigenvalue weighted by Gasteiger charge is 2.23. The Morgan fingerprint density at radius 1 is 1.41 bits per heavy atom. The molecule has 1 amide bonds. The molecule has 0 radical (unpaired) electrons. The molecule has 0 fully saturated rings. The Morgan fingerprint density at radius 2 is 2.21 bits per heavy atom. The molecule has 2 aromatic heterocycles. The van der Waals surface area contributed by atoms with Crippen molar-refractivity contribution in [1.29, 1.82) is 5.26 Å². The highest BCUT2D eigenvalue weighted by Crippen LogP contribution is 2.31. The Bertz CT molecular complexity index is 1050. The van der Waals surface area contributed by atoms with Crippen molar-refractivity contribution in [3.05, 3.63) is 63.0 Å². The fourth-order valence-corrected chi connectivity index (χ4v) is 4.59. The van der Waals surface area contributed by atoms with Crippen LogP contribution in [0.4, 0.5) is 5.00 Å². The highest BCUT2D eigenvalue weighted by atomic mass is 79.9. The van der Waals surface area contributed by atoms with Crippen LogP contribution in [-0.2, 0) is 24.3 Å². The second-order valence-electron chi connectivity index (χ2n) is 7.24. The first-order valence-electron chi connectivity index (χ1n) is 9.29. The molecule has 0 aliphatic heterocycles. The number of aromatic nitrogens is 3. The van der Waals surface area contributed by atoms with Crippen molar-refractivity contribution in [1.82, 2.24) is 14.8 Å². The van der Waals surface area contributed by atoms with Gasteiger partial charge in [-0.05, 0) is 46.5 Å². The summed E-state index contributed by atoms with van der Waals surface area (Å²) in [6.07, 6.45) is 4.31. The van der Waals surface area contributed by atoms with Gasteiger partial charge < -0.3 is 0 Å². The Labute approximate surface area is 182 Å². The smallest absolute Gasteiger partial charge is 0.249 e. The van der Waals surface area contributed by atoms with Crippen molar-refractivity contribution >= 4 is 38.2 Å². The summed E-state index contributed by atoms with van der Waals surface area (Å²) >= 11 is 4.92. The van der Waals surface area contributed by atoms with E-state index in [2.05, 4.69) is 45.9 Å². The molecule has 8 heteroatoms. The minimum absolute atomic E-state index is 0.0780. The Balaban J connectivity index is 1.93. The maximum Gasteiger partial charge on any atom is 0.249 e. The van der Waals surface area contributed by atoms with Crippen LogP contribution in [0, 0.1) is 24.2 Å². The maximum atomic E-state index is 13.2. The van der Waals surface area contributed by atoms with Gasteiger partial charge in [0, 0.05) is 12.6 Å². The van der Waals surface area contributed by atoms with E-state index in [-0.39, 0.29) is 12.5 Å². The van der Waals surface area contributed by atoms with Crippen molar-refractivity contribution < 1.29 is 4.79 Å². The average molecular weight is 472 g/mol. The van der Waals surface area contributed by atoms with E-state index in [0.717, 1.165) is 32.2 Å². The molecule has 0 spiro atoms. The molecule has 29 heavy (non-hydrogen) atoms. The van der Waals surface area contributed by atoms with Crippen LogP contribution < -0.4 is 4.90 Å². The molecule has 0 saturated heterocycles. The molecule has 150 valence electrons. The van der Waals surface area contributed by atoms with Gasteiger partial charge >= 0.3 is 0 Å². The zero-order chi connectivity index (χ0) is 21.0. The number of carbonyl (C=O) groups excluding carboxylic acids is 1. The van der Waals surface area contributed by atoms with Gasteiger partial charge in [0.25, 0.3) is 0 Å². The van der Waals surface area contributed by atoms with E-state index in [1.165, 1.54) is 0 Å². The second-order valence-corrected chi connectivity index (χ2v) is 9.22. The summed E-state index contributed by atoms with van der Waals surface area (Å²) in [5.41, 5.74) is 2.32. The van der Waals surface area contributed by atoms with Crippen LogP contribution >= 0.6 is 27.3 Å². The van der Waals surface area contributed by atoms with Crippen molar-refractivity contribution in [2.45, 2.75) is 40.3 Å². The zero-order valence-corrected chi connectivity index (χ0v) is 19.0. The lowest BCUT2D eigenvalue weighted by atomic mass is 10.1. The number of carbonyl (C=O) groups is 1. The molecule has 0 aliphatic carbocycles. The Morgan fingerprint density at radius 3 is 2.86 bits per heavy atom. The van der Waals surface area contributed by atoms with Gasteiger partial charge in [0.05, 0.1) is 39.5 Å². The molecule has 0 saturated carbocycles. The number of aryl methyl sites for hydroxylation is 1. The number of rotatable bonds is 7. The molecule has 0 aliphatic rings. The van der Waals surface area contributed by atoms with Crippen LogP contribution in [0.5, 0.6) is 0 Å². The predicted octanol–water partition coefficient (Wildman–Crippen LogP) is 4.71. The fraction of sp³-hybridized carbons (Fsp3) is 0.333. The van der Waals surface area contributed by atoms with E-state index in [1.807, 2.05) is 25.1 Å². The van der Waals surface area contributed by atoms with Crippen LogP contribution in [0.3, 0.4) is 0 Å². The largest absolute Gasteiger partial charge is 0.296 e. The summed E-state index contributed by atoms with van der Waals surface area (Å²) < 4.78 is 2.43. The predicted molar refractivity (Wildman–Crippen MR) is 118 cm³/mol. The third kappa shape index (κ3) is 5.52. The first-order valence-corrected chi connectivity index (χ1v) is 10.9. The van der Waals surface area contributed by atoms with Gasteiger partial charge in [-0.25, -0.2) is 4.98 Å². The minimum atomic E-state index is -0.0780. The maximum absolute atomic E-state index is 13.2. The third-order valence-electron chi connectivity index (χ3n) is 4.24. The average Bonchev–Trinajstić information content (AvgIpc) is 3.24. The van der Waals surface area contributed by atoms with E-state index < -0.39 is 0 Å². The number of hydrogen-bond acceptors (Lipinski definition) is 5. The van der Waals surface area contributed by atoms with Crippen molar-refractivity contribution in [3.8, 4) is 6.07 Å². The molecule has 3 aromatic rings. The highest BCUT2D eigenvalue weighted by molar-refractivity contribution is 9.10. The van der Waals surface area contributed by atoms with E-state index >= 15 is 0 Å². The molecule has 0 unspecified atom stereocenters. The Hall–Kier alpha value is -2.50. The lowest BCUT2D eigenvalue weighted by molar-refractivity contribution is -0.119. The number of hydrogen-bond donors (Lipinski definition) is 0. The molecule has 0 atom stereocenters. The van der Waals surface area contributed by atoms with E-state index in [4.69, 9.17) is 0 Å². The number of anilines is 1. The minimum Gasteiger partial charge on any atom is -0.296 e. The lowest BCUT2D eigenvalue weighted by Crippen LogP contribution is -2.33. The van der Waals surface area contributed by atoms with Gasteiger partial charge in [0.2, 0.25) is 5.91 Å². The van der Waals surface area contributed by atoms with Crippen LogP contribution in [0.2, 0.25) is 0 Å². The Kier molecular flexibility index (Phi) is 6.83. The number of amides is 1. The summed E-state index contributed by atoms with van der Waals surface area (Å²) in [7, 11) is 0. The molecule has 3 rings (SSSR count). The second kappa shape index (κ2) is 9.33. The molecule has 0 bridgehead atoms. The summed E-state index contributed by atoms with van der Waals surface area (Å²) in [5, 5.41) is 15.3. The zero-order valence-electron chi connectivity index (χ0n) is 16.6. The molecule has 2 heterocycles. The molecule has 0 N–H and O–H groups in total. The summed E-state index contributed by atoms with van der Waals surface area (Å²) in [6, 6.07) is 9.50. The van der Waals surface area contributed by atoms with Crippen molar-refractivity contribution in [3.63, 3.8) is 0 Å². The number of nitriles is 1. The number of nitrogens with zero attached hydrogens (tertiary/aromatic N) is 5. The van der Waals surface area contributed by atoms with Crippen LogP contribution in [0.25, 0.3) is 0 Å². The summed E-state index contributed by atoms with van der Waals surface area (Å²) in [5.74, 6) is 0.414. The normalized spacial score (nSPS) is 10.9. The van der Waals surface area contributed by atoms with Gasteiger partial charge in [0.1, 0.15) is 11.5 Å². The van der Waals surface area contributed by atoms with Gasteiger partial charge in [-0.2, -0.15) is 10.4 Å². The quantitative estimate of drug-likeness (QED) is 0.499. The van der Waals surface area contributed by atoms with E-state index in [9.17, 15) is 10.1 Å². The molecule has 6 nitrogen and oxygen atoms in total. The number of thiazole rings is 1. The summed E-state index contributed by atoms with van der Waals surface area (Å²) in [6.45, 7) is 6.75. The first-order chi connectivity index (χ1) is 13.9. The van der Waals surface area contributed by atoms with Gasteiger partial charge in [0.15, 0.2) is 0 Å². The molecular weight excluding hydrogens is 450 g/mol. The van der Waals surface area contributed by atoms with Gasteiger partial charge in [-0.3, -0.25) is 14.4 Å². The van der Waals surface area contributed by atoms with Gasteiger partial charge in [-0.1, -0.05) is 26.0 Å². The number of halogens is 1. The van der Waals surface area contributed by atoms with Crippen LogP contribution in [-0.4, -0.2) is 20.7 Å². The van der Waals surface area contributed by atoms with Gasteiger partial charge in [-0.15, -0.1) is 11.3 Å². The topological polar surface area (TPSA) is 74.8 Å². The SMILES string of the molecule is Cc1nc(CC(C)C)sc1N(Cc1cccc(C#N)c1)C(=O)Cn1cc(Br)cn1. The van der Waals surface area contributed by atoms with Crippen molar-refractivity contribution in [2.75, 3.05) is 4.90 Å². The standard InChI is InChI=1S/C21H22BrN5OS/c1-14(2)7-19-25-15(3)21(29-19)27(11-17-6-4-5-16(8-17)9-23)20(28)13-26-12-18(22)10-24-26/h4-6,8,10,12,14H,7,11,13H2,1-3H3. The monoisotopic (exact) mass is 471 g/mol. The van der Waals surface area contributed by atoms with Crippen molar-refractivity contribution in [2.24, 2.45) is 5.92 Å². The summed E-state index contributed by atoms with van der Waals surface area (Å²) in [4.78, 5) is 19.7. The third-order valence-corrected chi connectivity index (χ3v) is 5.85. The molecular formula is C21H22BrN5OS. The van der Waals surface area contributed by atoms with Crippen LogP contribution in [0.1, 0.15) is 35.7 Å². The lowest BCUT2D eigenvalue weighted by Gasteiger charge is -2.22. The van der Waals surface area contributed by atoms with E-state index in [0.29, 0.717) is 18.0 Å². The van der Waals surface area contributed by atoms with E-state index in [1.54, 1.807) is 39.4 Å². The first kappa shape index (κ1) is 21.2.